The second kappa shape index (κ2) is 7.04. The number of thiophene rings is 1. The van der Waals surface area contributed by atoms with Crippen molar-refractivity contribution in [3.8, 4) is 11.8 Å². The first kappa shape index (κ1) is 12.8. The van der Waals surface area contributed by atoms with Gasteiger partial charge in [-0.25, -0.2) is 0 Å². The van der Waals surface area contributed by atoms with Crippen LogP contribution in [0.3, 0.4) is 0 Å². The van der Waals surface area contributed by atoms with E-state index in [-0.39, 0.29) is 12.4 Å². The molecule has 3 nitrogen and oxygen atoms in total. The molecular formula is C12H14O3S. The summed E-state index contributed by atoms with van der Waals surface area (Å²) in [6.07, 6.45) is 0.142. The van der Waals surface area contributed by atoms with Gasteiger partial charge in [-0.1, -0.05) is 11.8 Å². The number of methoxy groups -OCH3 is 1. The molecular weight excluding hydrogens is 224 g/mol. The highest BCUT2D eigenvalue weighted by atomic mass is 32.1. The molecule has 0 fully saturated rings. The summed E-state index contributed by atoms with van der Waals surface area (Å²) in [6.45, 7) is 2.78. The van der Waals surface area contributed by atoms with Gasteiger partial charge in [0, 0.05) is 22.9 Å². The first-order chi connectivity index (χ1) is 7.76. The molecule has 0 aliphatic carbocycles. The average molecular weight is 238 g/mol. The lowest BCUT2D eigenvalue weighted by atomic mass is 10.3. The Labute approximate surface area is 99.4 Å². The van der Waals surface area contributed by atoms with Crippen molar-refractivity contribution in [2.75, 3.05) is 13.7 Å². The van der Waals surface area contributed by atoms with Gasteiger partial charge in [-0.15, -0.1) is 11.3 Å². The summed E-state index contributed by atoms with van der Waals surface area (Å²) in [5, 5.41) is 1.95. The molecule has 0 aliphatic rings. The molecule has 0 radical (unpaired) electrons. The van der Waals surface area contributed by atoms with E-state index in [0.29, 0.717) is 13.2 Å². The normalized spacial score (nSPS) is 9.38. The average Bonchev–Trinajstić information content (AvgIpc) is 2.67. The minimum atomic E-state index is -0.276. The van der Waals surface area contributed by atoms with Crippen LogP contribution in [0.4, 0.5) is 0 Å². The lowest BCUT2D eigenvalue weighted by Gasteiger charge is -1.94. The van der Waals surface area contributed by atoms with E-state index in [9.17, 15) is 4.79 Å². The summed E-state index contributed by atoms with van der Waals surface area (Å²) >= 11 is 1.60. The van der Waals surface area contributed by atoms with Crippen molar-refractivity contribution in [3.05, 3.63) is 21.9 Å². The molecule has 0 aromatic carbocycles. The third-order valence-corrected chi connectivity index (χ3v) is 2.62. The number of carbonyl (C=O) groups excluding carboxylic acids is 1. The number of hydrogen-bond donors (Lipinski definition) is 0. The predicted molar refractivity (Wildman–Crippen MR) is 63.2 cm³/mol. The molecule has 86 valence electrons. The molecule has 16 heavy (non-hydrogen) atoms. The van der Waals surface area contributed by atoms with E-state index in [1.807, 2.05) is 11.4 Å². The first-order valence-corrected chi connectivity index (χ1v) is 5.85. The second-order valence-corrected chi connectivity index (χ2v) is 4.01. The largest absolute Gasteiger partial charge is 0.465 e. The third kappa shape index (κ3) is 4.47. The van der Waals surface area contributed by atoms with Crippen molar-refractivity contribution >= 4 is 17.3 Å². The second-order valence-electron chi connectivity index (χ2n) is 3.02. The Kier molecular flexibility index (Phi) is 5.62. The van der Waals surface area contributed by atoms with Crippen LogP contribution in [0.15, 0.2) is 11.4 Å². The van der Waals surface area contributed by atoms with E-state index < -0.39 is 0 Å². The summed E-state index contributed by atoms with van der Waals surface area (Å²) < 4.78 is 9.77. The third-order valence-electron chi connectivity index (χ3n) is 1.71. The molecule has 4 heteroatoms. The van der Waals surface area contributed by atoms with E-state index in [0.717, 1.165) is 10.4 Å². The SMILES string of the molecule is CCOC(=O)CC#Cc1csc(COC)c1. The van der Waals surface area contributed by atoms with Crippen molar-refractivity contribution in [1.82, 2.24) is 0 Å². The maximum atomic E-state index is 11.0. The Morgan fingerprint density at radius 1 is 1.56 bits per heavy atom. The zero-order valence-corrected chi connectivity index (χ0v) is 10.2. The van der Waals surface area contributed by atoms with Crippen LogP contribution < -0.4 is 0 Å². The van der Waals surface area contributed by atoms with Crippen molar-refractivity contribution in [3.63, 3.8) is 0 Å². The monoisotopic (exact) mass is 238 g/mol. The summed E-state index contributed by atoms with van der Waals surface area (Å²) in [6, 6.07) is 1.96. The van der Waals surface area contributed by atoms with Crippen LogP contribution in [0.5, 0.6) is 0 Å². The molecule has 0 saturated carbocycles. The number of esters is 1. The van der Waals surface area contributed by atoms with Gasteiger partial charge in [-0.3, -0.25) is 4.79 Å². The number of carbonyl (C=O) groups is 1. The quantitative estimate of drug-likeness (QED) is 0.596. The highest BCUT2D eigenvalue weighted by Crippen LogP contribution is 2.14. The van der Waals surface area contributed by atoms with Crippen molar-refractivity contribution < 1.29 is 14.3 Å². The lowest BCUT2D eigenvalue weighted by molar-refractivity contribution is -0.141. The highest BCUT2D eigenvalue weighted by Gasteiger charge is 1.98. The van der Waals surface area contributed by atoms with E-state index in [1.165, 1.54) is 0 Å². The molecule has 0 aliphatic heterocycles. The van der Waals surface area contributed by atoms with Crippen LogP contribution in [-0.2, 0) is 20.9 Å². The summed E-state index contributed by atoms with van der Waals surface area (Å²) in [7, 11) is 1.66. The Morgan fingerprint density at radius 2 is 2.38 bits per heavy atom. The fraction of sp³-hybridized carbons (Fsp3) is 0.417. The fourth-order valence-electron chi connectivity index (χ4n) is 1.09. The zero-order valence-electron chi connectivity index (χ0n) is 9.41. The van der Waals surface area contributed by atoms with Crippen LogP contribution >= 0.6 is 11.3 Å². The van der Waals surface area contributed by atoms with Crippen LogP contribution in [0.2, 0.25) is 0 Å². The van der Waals surface area contributed by atoms with Crippen molar-refractivity contribution in [1.29, 1.82) is 0 Å². The Bertz CT molecular complexity index is 398. The van der Waals surface area contributed by atoms with Gasteiger partial charge < -0.3 is 9.47 Å². The first-order valence-electron chi connectivity index (χ1n) is 4.97. The fourth-order valence-corrected chi connectivity index (χ4v) is 1.88. The topological polar surface area (TPSA) is 35.5 Å². The zero-order chi connectivity index (χ0) is 11.8. The minimum absolute atomic E-state index is 0.142. The lowest BCUT2D eigenvalue weighted by Crippen LogP contribution is -2.01. The molecule has 0 unspecified atom stereocenters. The highest BCUT2D eigenvalue weighted by molar-refractivity contribution is 7.10. The van der Waals surface area contributed by atoms with E-state index in [4.69, 9.17) is 9.47 Å². The van der Waals surface area contributed by atoms with Gasteiger partial charge >= 0.3 is 5.97 Å². The van der Waals surface area contributed by atoms with Crippen LogP contribution in [0, 0.1) is 11.8 Å². The molecule has 0 N–H and O–H groups in total. The predicted octanol–water partition coefficient (Wildman–Crippen LogP) is 2.20. The minimum Gasteiger partial charge on any atom is -0.465 e. The van der Waals surface area contributed by atoms with Crippen molar-refractivity contribution in [2.45, 2.75) is 20.0 Å². The summed E-state index contributed by atoms with van der Waals surface area (Å²) in [5.74, 6) is 5.42. The maximum Gasteiger partial charge on any atom is 0.317 e. The standard InChI is InChI=1S/C12H14O3S/c1-3-15-12(13)6-4-5-10-7-11(8-14-2)16-9-10/h7,9H,3,6,8H2,1-2H3. The van der Waals surface area contributed by atoms with E-state index in [2.05, 4.69) is 11.8 Å². The maximum absolute atomic E-state index is 11.0. The molecule has 0 bridgehead atoms. The van der Waals surface area contributed by atoms with Gasteiger partial charge in [0.05, 0.1) is 13.2 Å². The Balaban J connectivity index is 2.46. The molecule has 1 aromatic heterocycles. The number of rotatable bonds is 4. The van der Waals surface area contributed by atoms with Crippen molar-refractivity contribution in [2.24, 2.45) is 0 Å². The van der Waals surface area contributed by atoms with E-state index in [1.54, 1.807) is 25.4 Å². The van der Waals surface area contributed by atoms with Crippen LogP contribution in [0.25, 0.3) is 0 Å². The smallest absolute Gasteiger partial charge is 0.317 e. The Morgan fingerprint density at radius 3 is 3.06 bits per heavy atom. The van der Waals surface area contributed by atoms with Gasteiger partial charge in [0.15, 0.2) is 0 Å². The summed E-state index contributed by atoms with van der Waals surface area (Å²) in [4.78, 5) is 12.1. The van der Waals surface area contributed by atoms with E-state index >= 15 is 0 Å². The summed E-state index contributed by atoms with van der Waals surface area (Å²) in [5.41, 5.74) is 0.918. The molecule has 0 atom stereocenters. The van der Waals surface area contributed by atoms with Gasteiger partial charge in [0.2, 0.25) is 0 Å². The van der Waals surface area contributed by atoms with Gasteiger partial charge in [0.25, 0.3) is 0 Å². The van der Waals surface area contributed by atoms with Gasteiger partial charge in [-0.2, -0.15) is 0 Å². The Hall–Kier alpha value is -1.31. The van der Waals surface area contributed by atoms with Crippen LogP contribution in [-0.4, -0.2) is 19.7 Å². The molecule has 1 rings (SSSR count). The number of ether oxygens (including phenoxy) is 2. The van der Waals surface area contributed by atoms with Crippen LogP contribution in [0.1, 0.15) is 23.8 Å². The number of hydrogen-bond acceptors (Lipinski definition) is 4. The molecule has 1 aromatic rings. The molecule has 0 saturated heterocycles. The molecule has 1 heterocycles. The van der Waals surface area contributed by atoms with Gasteiger partial charge in [-0.05, 0) is 13.0 Å². The van der Waals surface area contributed by atoms with Gasteiger partial charge in [0.1, 0.15) is 6.42 Å². The molecule has 0 spiro atoms. The molecule has 0 amide bonds.